The number of hydrogen-bond acceptors (Lipinski definition) is 5. The molecule has 1 fully saturated rings. The number of ether oxygens (including phenoxy) is 3. The number of likely N-dealkylation sites (tertiary alicyclic amines) is 1. The number of carbonyl (C=O) groups is 1. The number of rotatable bonds is 9. The molecule has 186 valence electrons. The van der Waals surface area contributed by atoms with Crippen LogP contribution in [0.15, 0.2) is 48.5 Å². The molecule has 34 heavy (non-hydrogen) atoms. The monoisotopic (exact) mass is 468 g/mol. The molecule has 0 unspecified atom stereocenters. The van der Waals surface area contributed by atoms with E-state index in [0.717, 1.165) is 50.2 Å². The number of carbonyl (C=O) groups excluding carboxylic acids is 1. The van der Waals surface area contributed by atoms with Crippen molar-refractivity contribution in [2.45, 2.75) is 64.8 Å². The third kappa shape index (κ3) is 7.74. The fourth-order valence-electron chi connectivity index (χ4n) is 4.45. The Hall–Kier alpha value is -2.57. The zero-order valence-corrected chi connectivity index (χ0v) is 21.4. The molecule has 6 heteroatoms. The average molecular weight is 469 g/mol. The minimum absolute atomic E-state index is 0.188. The minimum Gasteiger partial charge on any atom is -0.496 e. The van der Waals surface area contributed by atoms with Gasteiger partial charge in [0.05, 0.1) is 13.7 Å². The predicted octanol–water partition coefficient (Wildman–Crippen LogP) is 5.29. The molecule has 2 aromatic rings. The highest BCUT2D eigenvalue weighted by atomic mass is 16.6. The molecule has 3 rings (SSSR count). The third-order valence-corrected chi connectivity index (χ3v) is 6.17. The number of nitrogens with zero attached hydrogens (tertiary/aromatic N) is 2. The van der Waals surface area contributed by atoms with Crippen LogP contribution >= 0.6 is 0 Å². The van der Waals surface area contributed by atoms with Crippen molar-refractivity contribution in [1.29, 1.82) is 0 Å². The van der Waals surface area contributed by atoms with Gasteiger partial charge in [0, 0.05) is 44.9 Å². The topological polar surface area (TPSA) is 51.2 Å². The fraction of sp³-hybridized carbons (Fsp3) is 0.536. The number of amides is 1. The van der Waals surface area contributed by atoms with Crippen LogP contribution in [0.1, 0.15) is 50.3 Å². The molecular weight excluding hydrogens is 428 g/mol. The lowest BCUT2D eigenvalue weighted by molar-refractivity contribution is 0.00807. The highest BCUT2D eigenvalue weighted by Gasteiger charge is 2.31. The Kier molecular flexibility index (Phi) is 9.36. The van der Waals surface area contributed by atoms with Crippen LogP contribution in [0.3, 0.4) is 0 Å². The molecule has 1 aliphatic heterocycles. The first-order valence-corrected chi connectivity index (χ1v) is 12.2. The van der Waals surface area contributed by atoms with Gasteiger partial charge in [-0.05, 0) is 57.2 Å². The Bertz CT molecular complexity index is 902. The Morgan fingerprint density at radius 3 is 2.35 bits per heavy atom. The summed E-state index contributed by atoms with van der Waals surface area (Å²) in [5, 5.41) is 0. The van der Waals surface area contributed by atoms with Crippen LogP contribution in [0.25, 0.3) is 0 Å². The zero-order chi connectivity index (χ0) is 24.6. The maximum Gasteiger partial charge on any atom is 0.410 e. The van der Waals surface area contributed by atoms with Crippen molar-refractivity contribution in [1.82, 2.24) is 9.80 Å². The summed E-state index contributed by atoms with van der Waals surface area (Å²) >= 11 is 0. The van der Waals surface area contributed by atoms with Crippen molar-refractivity contribution in [3.8, 4) is 5.75 Å². The lowest BCUT2D eigenvalue weighted by Gasteiger charge is -2.39. The fourth-order valence-corrected chi connectivity index (χ4v) is 4.45. The Morgan fingerprint density at radius 2 is 1.74 bits per heavy atom. The summed E-state index contributed by atoms with van der Waals surface area (Å²) in [6, 6.07) is 16.9. The van der Waals surface area contributed by atoms with E-state index in [2.05, 4.69) is 35.2 Å². The first kappa shape index (κ1) is 26.0. The lowest BCUT2D eigenvalue weighted by Crippen LogP contribution is -2.49. The van der Waals surface area contributed by atoms with Gasteiger partial charge < -0.3 is 19.1 Å². The van der Waals surface area contributed by atoms with Crippen molar-refractivity contribution in [3.05, 3.63) is 65.2 Å². The molecule has 0 bridgehead atoms. The predicted molar refractivity (Wildman–Crippen MR) is 135 cm³/mol. The van der Waals surface area contributed by atoms with Gasteiger partial charge in [0.1, 0.15) is 11.4 Å². The third-order valence-electron chi connectivity index (χ3n) is 6.17. The van der Waals surface area contributed by atoms with Crippen molar-refractivity contribution < 1.29 is 19.0 Å². The van der Waals surface area contributed by atoms with E-state index in [1.807, 2.05) is 43.9 Å². The summed E-state index contributed by atoms with van der Waals surface area (Å²) in [4.78, 5) is 17.5. The van der Waals surface area contributed by atoms with E-state index in [0.29, 0.717) is 13.2 Å². The molecule has 0 N–H and O–H groups in total. The molecule has 6 nitrogen and oxygen atoms in total. The van der Waals surface area contributed by atoms with Crippen molar-refractivity contribution in [3.63, 3.8) is 0 Å². The number of hydrogen-bond donors (Lipinski definition) is 0. The molecule has 0 atom stereocenters. The molecule has 2 aromatic carbocycles. The molecule has 0 saturated carbocycles. The Balaban J connectivity index is 1.61. The molecule has 0 spiro atoms. The maximum atomic E-state index is 13.1. The van der Waals surface area contributed by atoms with E-state index < -0.39 is 5.60 Å². The molecule has 1 heterocycles. The summed E-state index contributed by atoms with van der Waals surface area (Å²) in [5.41, 5.74) is 3.01. The smallest absolute Gasteiger partial charge is 0.410 e. The van der Waals surface area contributed by atoms with Gasteiger partial charge in [0.25, 0.3) is 0 Å². The van der Waals surface area contributed by atoms with Crippen molar-refractivity contribution in [2.24, 2.45) is 0 Å². The summed E-state index contributed by atoms with van der Waals surface area (Å²) < 4.78 is 16.6. The summed E-state index contributed by atoms with van der Waals surface area (Å²) in [5.74, 6) is 0.867. The molecule has 0 aromatic heterocycles. The quantitative estimate of drug-likeness (QED) is 0.501. The van der Waals surface area contributed by atoms with E-state index in [1.54, 1.807) is 14.2 Å². The first-order chi connectivity index (χ1) is 16.3. The summed E-state index contributed by atoms with van der Waals surface area (Å²) in [6.07, 6.45) is 2.49. The lowest BCUT2D eigenvalue weighted by atomic mass is 10.0. The Labute approximate surface area is 204 Å². The Morgan fingerprint density at radius 1 is 1.03 bits per heavy atom. The van der Waals surface area contributed by atoms with Gasteiger partial charge in [0.2, 0.25) is 0 Å². The maximum absolute atomic E-state index is 13.1. The number of benzene rings is 2. The zero-order valence-electron chi connectivity index (χ0n) is 21.4. The van der Waals surface area contributed by atoms with Crippen molar-refractivity contribution >= 4 is 6.09 Å². The number of piperidine rings is 1. The van der Waals surface area contributed by atoms with Crippen LogP contribution in [-0.2, 0) is 29.0 Å². The van der Waals surface area contributed by atoms with Crippen molar-refractivity contribution in [2.75, 3.05) is 33.9 Å². The van der Waals surface area contributed by atoms with E-state index in [4.69, 9.17) is 14.2 Å². The van der Waals surface area contributed by atoms with Gasteiger partial charge in [-0.25, -0.2) is 4.79 Å². The van der Waals surface area contributed by atoms with Gasteiger partial charge in [-0.15, -0.1) is 0 Å². The molecule has 1 aliphatic rings. The highest BCUT2D eigenvalue weighted by Crippen LogP contribution is 2.25. The van der Waals surface area contributed by atoms with E-state index in [-0.39, 0.29) is 12.1 Å². The van der Waals surface area contributed by atoms with Crippen LogP contribution in [0.2, 0.25) is 0 Å². The molecule has 1 saturated heterocycles. The van der Waals surface area contributed by atoms with Crippen LogP contribution in [0.4, 0.5) is 4.79 Å². The second-order valence-electron chi connectivity index (χ2n) is 10.00. The van der Waals surface area contributed by atoms with Gasteiger partial charge >= 0.3 is 6.09 Å². The average Bonchev–Trinajstić information content (AvgIpc) is 2.81. The highest BCUT2D eigenvalue weighted by molar-refractivity contribution is 5.68. The van der Waals surface area contributed by atoms with E-state index in [1.165, 1.54) is 11.1 Å². The van der Waals surface area contributed by atoms with Crippen LogP contribution in [0.5, 0.6) is 5.75 Å². The first-order valence-electron chi connectivity index (χ1n) is 12.2. The van der Waals surface area contributed by atoms with Crippen LogP contribution < -0.4 is 4.74 Å². The van der Waals surface area contributed by atoms with Crippen LogP contribution in [-0.4, -0.2) is 61.4 Å². The van der Waals surface area contributed by atoms with Crippen LogP contribution in [0, 0.1) is 0 Å². The second kappa shape index (κ2) is 12.2. The SMILES string of the molecule is COCc1ccc(CN2CCC(N(CCc3ccccc3)C(=O)OC(C)(C)C)CC2)cc1OC. The van der Waals surface area contributed by atoms with Gasteiger partial charge in [0.15, 0.2) is 0 Å². The second-order valence-corrected chi connectivity index (χ2v) is 10.00. The van der Waals surface area contributed by atoms with E-state index >= 15 is 0 Å². The molecule has 0 radical (unpaired) electrons. The van der Waals surface area contributed by atoms with E-state index in [9.17, 15) is 4.79 Å². The standard InChI is InChI=1S/C28H40N2O4/c1-28(2,3)34-27(31)30(18-13-22-9-7-6-8-10-22)25-14-16-29(17-15-25)20-23-11-12-24(21-32-4)26(19-23)33-5/h6-12,19,25H,13-18,20-21H2,1-5H3. The largest absolute Gasteiger partial charge is 0.496 e. The van der Waals surface area contributed by atoms with Gasteiger partial charge in [-0.3, -0.25) is 4.90 Å². The number of methoxy groups -OCH3 is 2. The van der Waals surface area contributed by atoms with Gasteiger partial charge in [-0.2, -0.15) is 0 Å². The van der Waals surface area contributed by atoms with Gasteiger partial charge in [-0.1, -0.05) is 42.5 Å². The molecule has 0 aliphatic carbocycles. The minimum atomic E-state index is -0.503. The molecular formula is C28H40N2O4. The summed E-state index contributed by atoms with van der Waals surface area (Å²) in [7, 11) is 3.39. The summed E-state index contributed by atoms with van der Waals surface area (Å²) in [6.45, 7) is 9.74. The normalized spacial score (nSPS) is 15.2. The molecule has 1 amide bonds.